The summed E-state index contributed by atoms with van der Waals surface area (Å²) in [5, 5.41) is 7.96. The molecule has 0 atom stereocenters. The number of allylic oxidation sites excluding steroid dienone is 2. The highest BCUT2D eigenvalue weighted by Gasteiger charge is 2.08. The molecule has 0 saturated carbocycles. The van der Waals surface area contributed by atoms with Gasteiger partial charge in [-0.3, -0.25) is 0 Å². The first-order valence-corrected chi connectivity index (χ1v) is 6.85. The van der Waals surface area contributed by atoms with Gasteiger partial charge in [0.1, 0.15) is 0 Å². The van der Waals surface area contributed by atoms with Gasteiger partial charge >= 0.3 is 0 Å². The van der Waals surface area contributed by atoms with Crippen molar-refractivity contribution in [3.8, 4) is 0 Å². The molecule has 0 saturated heterocycles. The second-order valence-corrected chi connectivity index (χ2v) is 5.14. The van der Waals surface area contributed by atoms with Gasteiger partial charge in [-0.1, -0.05) is 44.0 Å². The first kappa shape index (κ1) is 14.7. The molecule has 1 aromatic carbocycles. The number of nitrogens with one attached hydrogen (secondary N) is 1. The lowest BCUT2D eigenvalue weighted by atomic mass is 9.92. The smallest absolute Gasteiger partial charge is 0.0360 e. The molecule has 1 heteroatoms. The number of hydrogen-bond donors (Lipinski definition) is 1. The zero-order valence-corrected chi connectivity index (χ0v) is 12.4. The Morgan fingerprint density at radius 1 is 1.00 bits per heavy atom. The van der Waals surface area contributed by atoms with Crippen LogP contribution >= 0.6 is 0 Å². The number of rotatable bonds is 5. The maximum atomic E-state index is 7.96. The minimum Gasteiger partial charge on any atom is -0.305 e. The Balaban J connectivity index is 3.34. The predicted octanol–water partition coefficient (Wildman–Crippen LogP) is 5.03. The molecule has 0 unspecified atom stereocenters. The van der Waals surface area contributed by atoms with E-state index in [1.807, 2.05) is 6.92 Å². The summed E-state index contributed by atoms with van der Waals surface area (Å²) in [6, 6.07) is 6.79. The number of aryl methyl sites for hydroxylation is 2. The maximum absolute atomic E-state index is 7.96. The van der Waals surface area contributed by atoms with Crippen LogP contribution in [0.3, 0.4) is 0 Å². The molecule has 0 aliphatic carbocycles. The van der Waals surface area contributed by atoms with Gasteiger partial charge in [0.05, 0.1) is 0 Å². The van der Waals surface area contributed by atoms with E-state index in [1.54, 1.807) is 0 Å². The van der Waals surface area contributed by atoms with Crippen molar-refractivity contribution in [1.29, 1.82) is 5.41 Å². The van der Waals surface area contributed by atoms with Gasteiger partial charge in [-0.15, -0.1) is 0 Å². The Morgan fingerprint density at radius 2 is 1.61 bits per heavy atom. The summed E-state index contributed by atoms with van der Waals surface area (Å²) in [6.07, 6.45) is 3.34. The Kier molecular flexibility index (Phi) is 5.33. The van der Waals surface area contributed by atoms with Crippen molar-refractivity contribution in [2.24, 2.45) is 0 Å². The van der Waals surface area contributed by atoms with E-state index >= 15 is 0 Å². The summed E-state index contributed by atoms with van der Waals surface area (Å²) >= 11 is 0. The Bertz CT molecular complexity index is 462. The van der Waals surface area contributed by atoms with E-state index in [9.17, 15) is 0 Å². The van der Waals surface area contributed by atoms with Crippen molar-refractivity contribution in [1.82, 2.24) is 0 Å². The van der Waals surface area contributed by atoms with Crippen LogP contribution in [0.15, 0.2) is 23.8 Å². The molecule has 0 heterocycles. The Labute approximate surface area is 111 Å². The van der Waals surface area contributed by atoms with Crippen LogP contribution in [-0.2, 0) is 12.8 Å². The van der Waals surface area contributed by atoms with Gasteiger partial charge in [0.15, 0.2) is 0 Å². The average Bonchev–Trinajstić information content (AvgIpc) is 2.28. The summed E-state index contributed by atoms with van der Waals surface area (Å²) in [5.41, 5.74) is 6.96. The van der Waals surface area contributed by atoms with Gasteiger partial charge < -0.3 is 5.41 Å². The topological polar surface area (TPSA) is 23.9 Å². The van der Waals surface area contributed by atoms with Crippen LogP contribution in [-0.4, -0.2) is 5.71 Å². The van der Waals surface area contributed by atoms with Crippen LogP contribution in [0.25, 0.3) is 5.57 Å². The molecule has 1 aromatic rings. The molecule has 1 nitrogen and oxygen atoms in total. The summed E-state index contributed by atoms with van der Waals surface area (Å²) in [5.74, 6) is 0. The van der Waals surface area contributed by atoms with Gasteiger partial charge in [0.25, 0.3) is 0 Å². The van der Waals surface area contributed by atoms with E-state index in [-0.39, 0.29) is 0 Å². The van der Waals surface area contributed by atoms with Gasteiger partial charge in [0.2, 0.25) is 0 Å². The second-order valence-electron chi connectivity index (χ2n) is 5.14. The zero-order chi connectivity index (χ0) is 13.7. The molecule has 18 heavy (non-hydrogen) atoms. The summed E-state index contributed by atoms with van der Waals surface area (Å²) in [7, 11) is 0. The van der Waals surface area contributed by atoms with Crippen LogP contribution in [0.2, 0.25) is 0 Å². The third-order valence-electron chi connectivity index (χ3n) is 3.16. The first-order chi connectivity index (χ1) is 8.49. The number of benzene rings is 1. The van der Waals surface area contributed by atoms with Crippen molar-refractivity contribution in [3.05, 3.63) is 40.5 Å². The molecule has 0 spiro atoms. The quantitative estimate of drug-likeness (QED) is 0.701. The third-order valence-corrected chi connectivity index (χ3v) is 3.16. The molecule has 0 aliphatic heterocycles. The minimum absolute atomic E-state index is 0.658. The molecule has 0 radical (unpaired) electrons. The van der Waals surface area contributed by atoms with E-state index in [0.717, 1.165) is 18.4 Å². The Hall–Kier alpha value is -1.37. The molecular formula is C17H25N. The third kappa shape index (κ3) is 3.56. The normalized spacial score (nSPS) is 10.3. The van der Waals surface area contributed by atoms with Crippen molar-refractivity contribution >= 4 is 11.3 Å². The molecule has 1 rings (SSSR count). The molecule has 0 bridgehead atoms. The van der Waals surface area contributed by atoms with E-state index in [1.165, 1.54) is 28.7 Å². The highest BCUT2D eigenvalue weighted by Crippen LogP contribution is 2.23. The average molecular weight is 243 g/mol. The van der Waals surface area contributed by atoms with Crippen LogP contribution in [0.4, 0.5) is 0 Å². The van der Waals surface area contributed by atoms with Crippen molar-refractivity contribution < 1.29 is 0 Å². The summed E-state index contributed by atoms with van der Waals surface area (Å²) < 4.78 is 0. The lowest BCUT2D eigenvalue weighted by Gasteiger charge is -2.13. The fourth-order valence-electron chi connectivity index (χ4n) is 2.42. The van der Waals surface area contributed by atoms with Crippen molar-refractivity contribution in [3.63, 3.8) is 0 Å². The number of hydrogen-bond acceptors (Lipinski definition) is 1. The predicted molar refractivity (Wildman–Crippen MR) is 81.5 cm³/mol. The second kappa shape index (κ2) is 6.53. The Morgan fingerprint density at radius 3 is 2.06 bits per heavy atom. The highest BCUT2D eigenvalue weighted by atomic mass is 14.4. The van der Waals surface area contributed by atoms with Gasteiger partial charge in [-0.05, 0) is 50.3 Å². The van der Waals surface area contributed by atoms with Crippen LogP contribution in [0, 0.1) is 5.41 Å². The van der Waals surface area contributed by atoms with Crippen molar-refractivity contribution in [2.45, 2.75) is 53.9 Å². The molecule has 0 amide bonds. The van der Waals surface area contributed by atoms with E-state index < -0.39 is 0 Å². The molecule has 0 fully saturated rings. The fourth-order valence-corrected chi connectivity index (χ4v) is 2.42. The fraction of sp³-hybridized carbons (Fsp3) is 0.471. The van der Waals surface area contributed by atoms with Crippen molar-refractivity contribution in [2.75, 3.05) is 0 Å². The highest BCUT2D eigenvalue weighted by molar-refractivity contribution is 6.21. The summed E-state index contributed by atoms with van der Waals surface area (Å²) in [4.78, 5) is 0. The van der Waals surface area contributed by atoms with Crippen LogP contribution in [0.5, 0.6) is 0 Å². The van der Waals surface area contributed by atoms with Gasteiger partial charge in [-0.2, -0.15) is 0 Å². The lowest BCUT2D eigenvalue weighted by molar-refractivity contribution is 0.916. The summed E-state index contributed by atoms with van der Waals surface area (Å²) in [6.45, 7) is 10.5. The van der Waals surface area contributed by atoms with Gasteiger partial charge in [0, 0.05) is 11.3 Å². The monoisotopic (exact) mass is 243 g/mol. The van der Waals surface area contributed by atoms with E-state index in [2.05, 4.69) is 45.9 Å². The molecule has 0 aromatic heterocycles. The van der Waals surface area contributed by atoms with Gasteiger partial charge in [-0.25, -0.2) is 0 Å². The largest absolute Gasteiger partial charge is 0.305 e. The molecule has 1 N–H and O–H groups in total. The van der Waals surface area contributed by atoms with Crippen LogP contribution < -0.4 is 0 Å². The molecular weight excluding hydrogens is 218 g/mol. The van der Waals surface area contributed by atoms with Crippen LogP contribution in [0.1, 0.15) is 57.7 Å². The van der Waals surface area contributed by atoms with E-state index in [0.29, 0.717) is 5.71 Å². The molecule has 98 valence electrons. The maximum Gasteiger partial charge on any atom is 0.0360 e. The standard InChI is InChI=1S/C17H25N/c1-6-8-15-9-14(7-2)10-16(11-15)17(12(3)4)13(5)18/h9-11,18H,6-8H2,1-5H3. The zero-order valence-electron chi connectivity index (χ0n) is 12.4. The lowest BCUT2D eigenvalue weighted by Crippen LogP contribution is -2.00. The minimum atomic E-state index is 0.658. The SMILES string of the molecule is CCCc1cc(CC)cc(C(C(C)=N)=C(C)C)c1. The first-order valence-electron chi connectivity index (χ1n) is 6.85. The van der Waals surface area contributed by atoms with E-state index in [4.69, 9.17) is 5.41 Å². The molecule has 0 aliphatic rings.